The predicted molar refractivity (Wildman–Crippen MR) is 74.2 cm³/mol. The Balaban J connectivity index is 3.05. The highest BCUT2D eigenvalue weighted by Crippen LogP contribution is 2.28. The van der Waals surface area contributed by atoms with Crippen molar-refractivity contribution in [2.45, 2.75) is 56.7 Å². The highest BCUT2D eigenvalue weighted by atomic mass is 32.2. The molecule has 1 rings (SSSR count). The van der Waals surface area contributed by atoms with E-state index in [-0.39, 0.29) is 5.41 Å². The quantitative estimate of drug-likeness (QED) is 0.374. The number of nitrogens with one attached hydrogen (secondary N) is 1. The number of anilines is 1. The third-order valence-corrected chi connectivity index (χ3v) is 3.60. The second-order valence-electron chi connectivity index (χ2n) is 5.15. The minimum Gasteiger partial charge on any atom is -0.308 e. The molecule has 1 aromatic heterocycles. The number of hydrogen-bond donors (Lipinski definition) is 2. The fraction of sp³-hybridized carbons (Fsp3) is 0.667. The van der Waals surface area contributed by atoms with Crippen LogP contribution < -0.4 is 11.3 Å². The molecule has 0 aliphatic carbocycles. The lowest BCUT2D eigenvalue weighted by molar-refractivity contribution is 0.539. The summed E-state index contributed by atoms with van der Waals surface area (Å²) >= 11 is 1.76. The summed E-state index contributed by atoms with van der Waals surface area (Å²) in [6.07, 6.45) is 1.12. The van der Waals surface area contributed by atoms with Crippen LogP contribution in [0.5, 0.6) is 0 Å². The maximum atomic E-state index is 5.44. The van der Waals surface area contributed by atoms with Gasteiger partial charge >= 0.3 is 0 Å². The molecule has 0 amide bonds. The Labute approximate surface area is 108 Å². The molecule has 5 heteroatoms. The Bertz CT molecular complexity index is 373. The number of aromatic nitrogens is 2. The van der Waals surface area contributed by atoms with Gasteiger partial charge in [0.25, 0.3) is 0 Å². The van der Waals surface area contributed by atoms with Crippen molar-refractivity contribution in [3.05, 3.63) is 11.9 Å². The first-order valence-corrected chi connectivity index (χ1v) is 6.77. The molecule has 3 N–H and O–H groups in total. The Kier molecular flexibility index (Phi) is 4.77. The van der Waals surface area contributed by atoms with Gasteiger partial charge in [-0.2, -0.15) is 0 Å². The molecule has 0 saturated carbocycles. The lowest BCUT2D eigenvalue weighted by Crippen LogP contribution is -2.19. The molecule has 0 saturated heterocycles. The zero-order valence-corrected chi connectivity index (χ0v) is 12.1. The summed E-state index contributed by atoms with van der Waals surface area (Å²) in [7, 11) is 0. The predicted octanol–water partition coefficient (Wildman–Crippen LogP) is 2.95. The second-order valence-corrected chi connectivity index (χ2v) is 6.60. The summed E-state index contributed by atoms with van der Waals surface area (Å²) in [4.78, 5) is 8.99. The molecule has 0 aliphatic rings. The van der Waals surface area contributed by atoms with Gasteiger partial charge < -0.3 is 5.43 Å². The summed E-state index contributed by atoms with van der Waals surface area (Å²) in [6.45, 7) is 10.7. The lowest BCUT2D eigenvalue weighted by atomic mass is 9.96. The summed E-state index contributed by atoms with van der Waals surface area (Å²) in [5.74, 6) is 6.94. The molecule has 96 valence electrons. The largest absolute Gasteiger partial charge is 0.308 e. The van der Waals surface area contributed by atoms with E-state index in [1.54, 1.807) is 11.8 Å². The van der Waals surface area contributed by atoms with Gasteiger partial charge in [-0.3, -0.25) is 0 Å². The Morgan fingerprint density at radius 1 is 1.41 bits per heavy atom. The maximum absolute atomic E-state index is 5.44. The van der Waals surface area contributed by atoms with Crippen LogP contribution in [0.3, 0.4) is 0 Å². The van der Waals surface area contributed by atoms with E-state index in [0.717, 1.165) is 17.3 Å². The van der Waals surface area contributed by atoms with E-state index in [1.165, 1.54) is 0 Å². The number of hydrogen-bond acceptors (Lipinski definition) is 5. The first-order valence-electron chi connectivity index (χ1n) is 5.89. The third-order valence-electron chi connectivity index (χ3n) is 2.42. The topological polar surface area (TPSA) is 63.8 Å². The van der Waals surface area contributed by atoms with Gasteiger partial charge in [0.15, 0.2) is 0 Å². The van der Waals surface area contributed by atoms with E-state index in [0.29, 0.717) is 11.1 Å². The van der Waals surface area contributed by atoms with Crippen LogP contribution in [0.15, 0.2) is 11.1 Å². The highest BCUT2D eigenvalue weighted by Gasteiger charge is 2.19. The van der Waals surface area contributed by atoms with Crippen LogP contribution >= 0.6 is 11.8 Å². The van der Waals surface area contributed by atoms with Crippen molar-refractivity contribution < 1.29 is 0 Å². The van der Waals surface area contributed by atoms with E-state index < -0.39 is 0 Å². The first-order chi connectivity index (χ1) is 7.86. The lowest BCUT2D eigenvalue weighted by Gasteiger charge is -2.19. The van der Waals surface area contributed by atoms with E-state index in [9.17, 15) is 0 Å². The van der Waals surface area contributed by atoms with Crippen LogP contribution in [0.1, 0.15) is 46.9 Å². The number of nitrogens with two attached hydrogens (primary N) is 1. The van der Waals surface area contributed by atoms with E-state index >= 15 is 0 Å². The zero-order valence-electron chi connectivity index (χ0n) is 11.2. The molecule has 1 aromatic rings. The number of hydrazine groups is 1. The number of nitrogens with zero attached hydrogens (tertiary/aromatic N) is 2. The van der Waals surface area contributed by atoms with Crippen molar-refractivity contribution in [3.63, 3.8) is 0 Å². The summed E-state index contributed by atoms with van der Waals surface area (Å²) < 4.78 is 0. The van der Waals surface area contributed by atoms with Gasteiger partial charge in [0.2, 0.25) is 0 Å². The molecule has 4 nitrogen and oxygen atoms in total. The number of nitrogen functional groups attached to an aromatic ring is 1. The van der Waals surface area contributed by atoms with Crippen molar-refractivity contribution in [1.82, 2.24) is 9.97 Å². The molecular formula is C12H22N4S. The van der Waals surface area contributed by atoms with E-state index in [1.807, 2.05) is 6.07 Å². The summed E-state index contributed by atoms with van der Waals surface area (Å²) in [6, 6.07) is 1.89. The molecule has 1 atom stereocenters. The van der Waals surface area contributed by atoms with Crippen molar-refractivity contribution in [3.8, 4) is 0 Å². The Morgan fingerprint density at radius 3 is 2.53 bits per heavy atom. The van der Waals surface area contributed by atoms with Gasteiger partial charge in [-0.15, -0.1) is 11.8 Å². The van der Waals surface area contributed by atoms with Gasteiger partial charge in [-0.05, 0) is 6.42 Å². The van der Waals surface area contributed by atoms with Crippen LogP contribution in [0, 0.1) is 0 Å². The second kappa shape index (κ2) is 5.69. The zero-order chi connectivity index (χ0) is 13.1. The van der Waals surface area contributed by atoms with Crippen LogP contribution in [0.25, 0.3) is 0 Å². The van der Waals surface area contributed by atoms with Crippen LogP contribution in [-0.4, -0.2) is 15.2 Å². The van der Waals surface area contributed by atoms with Crippen molar-refractivity contribution in [2.75, 3.05) is 5.43 Å². The minimum absolute atomic E-state index is 0.0718. The third kappa shape index (κ3) is 4.16. The molecule has 0 aliphatic heterocycles. The fourth-order valence-corrected chi connectivity index (χ4v) is 2.08. The van der Waals surface area contributed by atoms with Gasteiger partial charge in [0.05, 0.1) is 0 Å². The van der Waals surface area contributed by atoms with Crippen molar-refractivity contribution in [2.24, 2.45) is 5.84 Å². The van der Waals surface area contributed by atoms with Crippen molar-refractivity contribution >= 4 is 17.6 Å². The highest BCUT2D eigenvalue weighted by molar-refractivity contribution is 7.99. The maximum Gasteiger partial charge on any atom is 0.144 e. The standard InChI is InChI=1S/C12H22N4S/c1-6-8(2)17-10-7-9(16-13)14-11(15-10)12(3,4)5/h7-8H,6,13H2,1-5H3,(H,14,15,16). The van der Waals surface area contributed by atoms with Crippen LogP contribution in [0.2, 0.25) is 0 Å². The summed E-state index contributed by atoms with van der Waals surface area (Å²) in [5.41, 5.74) is 2.53. The SMILES string of the molecule is CCC(C)Sc1cc(NN)nc(C(C)(C)C)n1. The molecule has 0 radical (unpaired) electrons. The van der Waals surface area contributed by atoms with Crippen molar-refractivity contribution in [1.29, 1.82) is 0 Å². The average Bonchev–Trinajstić information content (AvgIpc) is 2.27. The Morgan fingerprint density at radius 2 is 2.06 bits per heavy atom. The molecule has 0 aromatic carbocycles. The van der Waals surface area contributed by atoms with Gasteiger partial charge in [-0.1, -0.05) is 34.6 Å². The average molecular weight is 254 g/mol. The van der Waals surface area contributed by atoms with Gasteiger partial charge in [0, 0.05) is 16.7 Å². The molecule has 0 bridgehead atoms. The first kappa shape index (κ1) is 14.3. The molecule has 17 heavy (non-hydrogen) atoms. The molecule has 0 spiro atoms. The van der Waals surface area contributed by atoms with E-state index in [4.69, 9.17) is 5.84 Å². The Hall–Kier alpha value is -0.810. The number of thioether (sulfide) groups is 1. The minimum atomic E-state index is -0.0718. The molecular weight excluding hydrogens is 232 g/mol. The normalized spacial score (nSPS) is 13.5. The molecule has 0 fully saturated rings. The van der Waals surface area contributed by atoms with E-state index in [2.05, 4.69) is 50.0 Å². The van der Waals surface area contributed by atoms with Crippen LogP contribution in [-0.2, 0) is 5.41 Å². The van der Waals surface area contributed by atoms with Crippen LogP contribution in [0.4, 0.5) is 5.82 Å². The fourth-order valence-electron chi connectivity index (χ4n) is 1.18. The monoisotopic (exact) mass is 254 g/mol. The van der Waals surface area contributed by atoms with Gasteiger partial charge in [-0.25, -0.2) is 15.8 Å². The number of rotatable bonds is 4. The van der Waals surface area contributed by atoms with Gasteiger partial charge in [0.1, 0.15) is 16.7 Å². The summed E-state index contributed by atoms with van der Waals surface area (Å²) in [5, 5.41) is 1.52. The molecule has 1 unspecified atom stereocenters. The molecule has 1 heterocycles. The smallest absolute Gasteiger partial charge is 0.144 e.